The molecule has 5 atom stereocenters. The lowest BCUT2D eigenvalue weighted by Crippen LogP contribution is -2.30. The molecule has 0 aliphatic carbocycles. The number of hydrogen-bond acceptors (Lipinski definition) is 15. The molecular formula is C85H162O17P2. The van der Waals surface area contributed by atoms with Crippen LogP contribution in [0.1, 0.15) is 427 Å². The summed E-state index contributed by atoms with van der Waals surface area (Å²) in [7, 11) is -9.94. The first-order valence-corrected chi connectivity index (χ1v) is 46.3. The summed E-state index contributed by atoms with van der Waals surface area (Å²) in [4.78, 5) is 73.1. The zero-order valence-corrected chi connectivity index (χ0v) is 69.6. The minimum absolute atomic E-state index is 0.0845. The van der Waals surface area contributed by atoms with E-state index in [1.807, 2.05) is 0 Å². The van der Waals surface area contributed by atoms with E-state index in [1.165, 1.54) is 225 Å². The van der Waals surface area contributed by atoms with Crippen molar-refractivity contribution in [2.24, 2.45) is 11.8 Å². The molecule has 0 saturated carbocycles. The number of aliphatic hydroxyl groups excluding tert-OH is 1. The number of unbranched alkanes of at least 4 members (excludes halogenated alkanes) is 49. The minimum atomic E-state index is -4.97. The topological polar surface area (TPSA) is 237 Å². The van der Waals surface area contributed by atoms with Crippen LogP contribution in [0.5, 0.6) is 0 Å². The summed E-state index contributed by atoms with van der Waals surface area (Å²) in [6, 6.07) is 0. The number of carbonyl (C=O) groups is 4. The first kappa shape index (κ1) is 102. The van der Waals surface area contributed by atoms with Crippen molar-refractivity contribution in [3.8, 4) is 0 Å². The Kier molecular flexibility index (Phi) is 74.1. The third-order valence-electron chi connectivity index (χ3n) is 19.3. The number of aliphatic hydroxyl groups is 1. The zero-order valence-electron chi connectivity index (χ0n) is 67.8. The van der Waals surface area contributed by atoms with E-state index >= 15 is 0 Å². The predicted octanol–water partition coefficient (Wildman–Crippen LogP) is 25.4. The highest BCUT2D eigenvalue weighted by Crippen LogP contribution is 2.45. The molecule has 0 aliphatic heterocycles. The predicted molar refractivity (Wildman–Crippen MR) is 427 cm³/mol. The molecule has 0 saturated heterocycles. The fourth-order valence-corrected chi connectivity index (χ4v) is 14.3. The normalized spacial score (nSPS) is 14.0. The summed E-state index contributed by atoms with van der Waals surface area (Å²) < 4.78 is 68.8. The average molecular weight is 1520 g/mol. The first-order valence-electron chi connectivity index (χ1n) is 43.3. The van der Waals surface area contributed by atoms with E-state index in [0.29, 0.717) is 31.6 Å². The molecule has 0 aromatic heterocycles. The van der Waals surface area contributed by atoms with E-state index in [4.69, 9.17) is 37.0 Å². The Morgan fingerprint density at radius 2 is 0.519 bits per heavy atom. The van der Waals surface area contributed by atoms with Gasteiger partial charge in [0.05, 0.1) is 26.4 Å². The highest BCUT2D eigenvalue weighted by molar-refractivity contribution is 7.47. The fourth-order valence-electron chi connectivity index (χ4n) is 12.7. The number of rotatable bonds is 82. The number of phosphoric ester groups is 2. The second-order valence-corrected chi connectivity index (χ2v) is 33.7. The van der Waals surface area contributed by atoms with Gasteiger partial charge in [-0.15, -0.1) is 0 Å². The summed E-state index contributed by atoms with van der Waals surface area (Å²) in [5.74, 6) is -0.615. The third-order valence-corrected chi connectivity index (χ3v) is 21.2. The van der Waals surface area contributed by atoms with Gasteiger partial charge in [-0.05, 0) is 63.2 Å². The molecule has 0 aromatic rings. The van der Waals surface area contributed by atoms with Gasteiger partial charge in [0.1, 0.15) is 19.3 Å². The van der Waals surface area contributed by atoms with Crippen LogP contribution in [0, 0.1) is 11.8 Å². The van der Waals surface area contributed by atoms with Crippen LogP contribution >= 0.6 is 15.6 Å². The van der Waals surface area contributed by atoms with Gasteiger partial charge in [0.25, 0.3) is 0 Å². The van der Waals surface area contributed by atoms with E-state index in [0.717, 1.165) is 115 Å². The van der Waals surface area contributed by atoms with Crippen LogP contribution in [0.15, 0.2) is 24.3 Å². The summed E-state index contributed by atoms with van der Waals surface area (Å²) in [5, 5.41) is 10.7. The largest absolute Gasteiger partial charge is 0.472 e. The number of esters is 4. The van der Waals surface area contributed by atoms with Crippen molar-refractivity contribution in [2.75, 3.05) is 39.6 Å². The number of hydrogen-bond donors (Lipinski definition) is 3. The van der Waals surface area contributed by atoms with Crippen LogP contribution in [-0.2, 0) is 65.4 Å². The average Bonchev–Trinajstić information content (AvgIpc) is 0.906. The molecule has 0 spiro atoms. The highest BCUT2D eigenvalue weighted by Gasteiger charge is 2.30. The van der Waals surface area contributed by atoms with Crippen molar-refractivity contribution < 1.29 is 80.2 Å². The summed E-state index contributed by atoms with van der Waals surface area (Å²) in [5.41, 5.74) is 0. The smallest absolute Gasteiger partial charge is 0.462 e. The Morgan fingerprint density at radius 3 is 0.788 bits per heavy atom. The number of allylic oxidation sites excluding steroid dienone is 4. The molecule has 2 unspecified atom stereocenters. The molecule has 104 heavy (non-hydrogen) atoms. The van der Waals surface area contributed by atoms with E-state index in [1.54, 1.807) is 0 Å². The van der Waals surface area contributed by atoms with Crippen LogP contribution in [-0.4, -0.2) is 96.7 Å². The Labute approximate surface area is 637 Å². The van der Waals surface area contributed by atoms with Crippen LogP contribution in [0.25, 0.3) is 0 Å². The van der Waals surface area contributed by atoms with Crippen molar-refractivity contribution in [1.82, 2.24) is 0 Å². The van der Waals surface area contributed by atoms with Crippen LogP contribution in [0.4, 0.5) is 0 Å². The van der Waals surface area contributed by atoms with Crippen LogP contribution in [0.2, 0.25) is 0 Å². The molecule has 0 radical (unpaired) electrons. The Bertz CT molecular complexity index is 2090. The van der Waals surface area contributed by atoms with Crippen LogP contribution in [0.3, 0.4) is 0 Å². The maximum atomic E-state index is 13.1. The van der Waals surface area contributed by atoms with Gasteiger partial charge in [-0.1, -0.05) is 374 Å². The highest BCUT2D eigenvalue weighted by atomic mass is 31.2. The lowest BCUT2D eigenvalue weighted by atomic mass is 10.0. The monoisotopic (exact) mass is 1520 g/mol. The molecule has 3 N–H and O–H groups in total. The quantitative estimate of drug-likeness (QED) is 0.0169. The SMILES string of the molecule is CCCCCC/C=C\C=C/CCCCCCCC(=O)O[C@H](COC(=O)CCCCCCCCCC(C)C)COP(=O)(O)OC[C@H](O)COP(=O)(O)OC[C@@H](COC(=O)CCCCCCCCCCCCCCCCCCCC)OC(=O)CCCCCCCCCCCCCCCCCCCCC(C)C. The minimum Gasteiger partial charge on any atom is -0.462 e. The van der Waals surface area contributed by atoms with Crippen molar-refractivity contribution in [3.05, 3.63) is 24.3 Å². The first-order chi connectivity index (χ1) is 50.4. The zero-order chi connectivity index (χ0) is 76.4. The molecule has 0 bridgehead atoms. The second-order valence-electron chi connectivity index (χ2n) is 30.8. The Hall–Kier alpha value is -2.46. The standard InChI is InChI=1S/C85H162O17P2/c1-7-9-11-13-15-17-19-21-23-24-28-32-35-39-43-49-55-61-67-82(87)95-73-80(101-84(89)70-64-58-51-45-41-37-33-29-26-25-27-31-34-38-42-47-53-59-65-77(3)4)75-99-103(91,92)97-71-79(86)72-98-104(93,94)100-76-81(74-96-83(88)68-62-56-52-46-48-54-60-66-78(5)6)102-85(90)69-63-57-50-44-40-36-30-22-20-18-16-14-12-10-8-2/h18,20,22,30,77-81,86H,7-17,19,21,23-29,31-76H2,1-6H3,(H,91,92)(H,93,94)/b20-18-,30-22-/t79-,80-,81-/m1/s1. The van der Waals surface area contributed by atoms with E-state index < -0.39 is 97.5 Å². The Morgan fingerprint density at radius 1 is 0.298 bits per heavy atom. The van der Waals surface area contributed by atoms with Crippen LogP contribution < -0.4 is 0 Å². The van der Waals surface area contributed by atoms with Gasteiger partial charge in [-0.25, -0.2) is 9.13 Å². The molecule has 17 nitrogen and oxygen atoms in total. The van der Waals surface area contributed by atoms with Crippen molar-refractivity contribution in [3.63, 3.8) is 0 Å². The van der Waals surface area contributed by atoms with Crippen molar-refractivity contribution >= 4 is 39.5 Å². The van der Waals surface area contributed by atoms with E-state index in [-0.39, 0.29) is 25.7 Å². The van der Waals surface area contributed by atoms with Gasteiger partial charge in [-0.2, -0.15) is 0 Å². The molecule has 19 heteroatoms. The maximum absolute atomic E-state index is 13.1. The second kappa shape index (κ2) is 75.9. The van der Waals surface area contributed by atoms with Crippen molar-refractivity contribution in [1.29, 1.82) is 0 Å². The number of ether oxygens (including phenoxy) is 4. The molecule has 0 fully saturated rings. The van der Waals surface area contributed by atoms with Gasteiger partial charge in [0, 0.05) is 25.7 Å². The van der Waals surface area contributed by atoms with Gasteiger partial charge in [-0.3, -0.25) is 37.3 Å². The van der Waals surface area contributed by atoms with E-state index in [2.05, 4.69) is 65.8 Å². The van der Waals surface area contributed by atoms with Gasteiger partial charge in [0.2, 0.25) is 0 Å². The molecule has 0 aromatic carbocycles. The molecule has 0 amide bonds. The van der Waals surface area contributed by atoms with Gasteiger partial charge < -0.3 is 33.8 Å². The lowest BCUT2D eigenvalue weighted by molar-refractivity contribution is -0.161. The van der Waals surface area contributed by atoms with Gasteiger partial charge in [0.15, 0.2) is 12.2 Å². The summed E-state index contributed by atoms with van der Waals surface area (Å²) >= 11 is 0. The molecule has 0 rings (SSSR count). The molecular weight excluding hydrogens is 1350 g/mol. The number of phosphoric acid groups is 2. The third kappa shape index (κ3) is 77.7. The fraction of sp³-hybridized carbons (Fsp3) is 0.906. The lowest BCUT2D eigenvalue weighted by Gasteiger charge is -2.21. The number of carbonyl (C=O) groups excluding carboxylic acids is 4. The molecule has 0 heterocycles. The van der Waals surface area contributed by atoms with Crippen molar-refractivity contribution in [2.45, 2.75) is 445 Å². The summed E-state index contributed by atoms with van der Waals surface area (Å²) in [6.45, 7) is 9.57. The Balaban J connectivity index is 5.25. The molecule has 614 valence electrons. The van der Waals surface area contributed by atoms with E-state index in [9.17, 15) is 43.2 Å². The molecule has 0 aliphatic rings. The maximum Gasteiger partial charge on any atom is 0.472 e. The summed E-state index contributed by atoms with van der Waals surface area (Å²) in [6.07, 6.45) is 70.4. The van der Waals surface area contributed by atoms with Gasteiger partial charge >= 0.3 is 39.5 Å².